The third kappa shape index (κ3) is 3.35. The summed E-state index contributed by atoms with van der Waals surface area (Å²) < 4.78 is 0. The summed E-state index contributed by atoms with van der Waals surface area (Å²) in [6.07, 6.45) is 1.84. The van der Waals surface area contributed by atoms with Gasteiger partial charge in [-0.3, -0.25) is 9.59 Å². The van der Waals surface area contributed by atoms with Crippen LogP contribution in [0.4, 0.5) is 0 Å². The summed E-state index contributed by atoms with van der Waals surface area (Å²) in [5.74, 6) is -1.18. The molecule has 1 amide bonds. The van der Waals surface area contributed by atoms with Crippen LogP contribution in [0, 0.1) is 0 Å². The number of benzene rings is 1. The third-order valence-electron chi connectivity index (χ3n) is 2.14. The Morgan fingerprint density at radius 3 is 2.62 bits per heavy atom. The van der Waals surface area contributed by atoms with Gasteiger partial charge >= 0.3 is 0 Å². The summed E-state index contributed by atoms with van der Waals surface area (Å²) >= 11 is 5.82. The Kier molecular flexibility index (Phi) is 4.99. The highest BCUT2D eigenvalue weighted by atomic mass is 35.5. The number of carbonyl (C=O) groups is 2. The molecule has 86 valence electrons. The number of amides is 1. The molecule has 1 aromatic rings. The minimum Gasteiger partial charge on any atom is -0.349 e. The van der Waals surface area contributed by atoms with Crippen molar-refractivity contribution < 1.29 is 9.59 Å². The molecule has 0 aliphatic heterocycles. The molecule has 3 nitrogen and oxygen atoms in total. The number of carbonyl (C=O) groups excluding carboxylic acids is 2. The fraction of sp³-hybridized carbons (Fsp3) is 0.333. The molecule has 0 heterocycles. The average molecular weight is 240 g/mol. The number of hydrogen-bond donors (Lipinski definition) is 1. The van der Waals surface area contributed by atoms with Gasteiger partial charge in [0.1, 0.15) is 0 Å². The molecule has 16 heavy (non-hydrogen) atoms. The highest BCUT2D eigenvalue weighted by Gasteiger charge is 2.17. The lowest BCUT2D eigenvalue weighted by Crippen LogP contribution is -2.31. The van der Waals surface area contributed by atoms with Gasteiger partial charge in [0.05, 0.1) is 5.02 Å². The van der Waals surface area contributed by atoms with E-state index in [2.05, 4.69) is 5.32 Å². The fourth-order valence-corrected chi connectivity index (χ4v) is 1.45. The molecule has 1 N–H and O–H groups in total. The van der Waals surface area contributed by atoms with Gasteiger partial charge in [-0.15, -0.1) is 0 Å². The molecular weight excluding hydrogens is 226 g/mol. The third-order valence-corrected chi connectivity index (χ3v) is 2.47. The van der Waals surface area contributed by atoms with Crippen LogP contribution in [0.3, 0.4) is 0 Å². The number of ketones is 1. The van der Waals surface area contributed by atoms with Crippen LogP contribution in [0.5, 0.6) is 0 Å². The predicted octanol–water partition coefficient (Wildman–Crippen LogP) is 2.44. The van der Waals surface area contributed by atoms with Gasteiger partial charge in [0.25, 0.3) is 11.7 Å². The molecule has 0 radical (unpaired) electrons. The van der Waals surface area contributed by atoms with Crippen molar-refractivity contribution in [3.8, 4) is 0 Å². The van der Waals surface area contributed by atoms with Crippen molar-refractivity contribution in [1.82, 2.24) is 5.32 Å². The molecule has 0 saturated carbocycles. The fourth-order valence-electron chi connectivity index (χ4n) is 1.23. The van der Waals surface area contributed by atoms with Gasteiger partial charge in [-0.25, -0.2) is 0 Å². The van der Waals surface area contributed by atoms with Gasteiger partial charge in [-0.1, -0.05) is 37.1 Å². The maximum absolute atomic E-state index is 11.7. The van der Waals surface area contributed by atoms with E-state index in [1.807, 2.05) is 6.92 Å². The second-order valence-corrected chi connectivity index (χ2v) is 3.83. The van der Waals surface area contributed by atoms with Gasteiger partial charge in [-0.05, 0) is 18.6 Å². The zero-order chi connectivity index (χ0) is 12.0. The van der Waals surface area contributed by atoms with Crippen LogP contribution in [0.1, 0.15) is 30.1 Å². The second-order valence-electron chi connectivity index (χ2n) is 3.42. The summed E-state index contributed by atoms with van der Waals surface area (Å²) in [6.45, 7) is 2.54. The van der Waals surface area contributed by atoms with Crippen LogP contribution in [0.2, 0.25) is 5.02 Å². The Balaban J connectivity index is 2.64. The minimum atomic E-state index is -0.596. The molecule has 0 aliphatic rings. The first-order valence-corrected chi connectivity index (χ1v) is 5.61. The first kappa shape index (κ1) is 12.7. The second kappa shape index (κ2) is 6.28. The van der Waals surface area contributed by atoms with Crippen molar-refractivity contribution >= 4 is 23.3 Å². The van der Waals surface area contributed by atoms with E-state index >= 15 is 0 Å². The largest absolute Gasteiger partial charge is 0.349 e. The van der Waals surface area contributed by atoms with Gasteiger partial charge in [0.15, 0.2) is 0 Å². The highest BCUT2D eigenvalue weighted by molar-refractivity contribution is 6.46. The Morgan fingerprint density at radius 1 is 1.31 bits per heavy atom. The normalized spacial score (nSPS) is 9.88. The van der Waals surface area contributed by atoms with E-state index in [0.29, 0.717) is 11.6 Å². The number of nitrogens with one attached hydrogen (secondary N) is 1. The molecule has 0 spiro atoms. The van der Waals surface area contributed by atoms with E-state index in [-0.39, 0.29) is 5.56 Å². The summed E-state index contributed by atoms with van der Waals surface area (Å²) in [4.78, 5) is 23.1. The van der Waals surface area contributed by atoms with Crippen molar-refractivity contribution in [2.24, 2.45) is 0 Å². The van der Waals surface area contributed by atoms with Crippen LogP contribution in [0.15, 0.2) is 24.3 Å². The molecule has 0 saturated heterocycles. The summed E-state index contributed by atoms with van der Waals surface area (Å²) in [5, 5.41) is 2.87. The summed E-state index contributed by atoms with van der Waals surface area (Å²) in [7, 11) is 0. The van der Waals surface area contributed by atoms with E-state index in [1.54, 1.807) is 24.3 Å². The van der Waals surface area contributed by atoms with Crippen molar-refractivity contribution in [3.05, 3.63) is 34.9 Å². The highest BCUT2D eigenvalue weighted by Crippen LogP contribution is 2.15. The van der Waals surface area contributed by atoms with Gasteiger partial charge in [0, 0.05) is 12.1 Å². The number of Topliss-reactive ketones (excluding diaryl/α,β-unsaturated/α-hetero) is 1. The number of unbranched alkanes of at least 4 members (excludes halogenated alkanes) is 1. The van der Waals surface area contributed by atoms with Gasteiger partial charge < -0.3 is 5.32 Å². The molecule has 0 atom stereocenters. The van der Waals surface area contributed by atoms with Crippen LogP contribution in [-0.2, 0) is 4.79 Å². The monoisotopic (exact) mass is 239 g/mol. The molecule has 1 rings (SSSR count). The Hall–Kier alpha value is -1.35. The number of rotatable bonds is 5. The van der Waals surface area contributed by atoms with Crippen LogP contribution >= 0.6 is 11.6 Å². The average Bonchev–Trinajstić information content (AvgIpc) is 2.29. The molecule has 0 bridgehead atoms. The predicted molar refractivity (Wildman–Crippen MR) is 63.7 cm³/mol. The van der Waals surface area contributed by atoms with Gasteiger partial charge in [0.2, 0.25) is 0 Å². The van der Waals surface area contributed by atoms with Crippen molar-refractivity contribution in [1.29, 1.82) is 0 Å². The minimum absolute atomic E-state index is 0.248. The maximum atomic E-state index is 11.7. The van der Waals surface area contributed by atoms with Crippen molar-refractivity contribution in [2.75, 3.05) is 6.54 Å². The Morgan fingerprint density at radius 2 is 2.00 bits per heavy atom. The molecule has 0 unspecified atom stereocenters. The molecule has 4 heteroatoms. The molecule has 0 fully saturated rings. The molecule has 0 aliphatic carbocycles. The lowest BCUT2D eigenvalue weighted by atomic mass is 10.1. The molecule has 0 aromatic heterocycles. The Bertz CT molecular complexity index is 390. The van der Waals surface area contributed by atoms with E-state index in [1.165, 1.54) is 0 Å². The molecular formula is C12H14ClNO2. The summed E-state index contributed by atoms with van der Waals surface area (Å²) in [6, 6.07) is 6.53. The van der Waals surface area contributed by atoms with Crippen molar-refractivity contribution in [2.45, 2.75) is 19.8 Å². The summed E-state index contributed by atoms with van der Waals surface area (Å²) in [5.41, 5.74) is 0.248. The standard InChI is InChI=1S/C12H14ClNO2/c1-2-3-8-14-12(16)11(15)9-6-4-5-7-10(9)13/h4-7H,2-3,8H2,1H3,(H,14,16). The van der Waals surface area contributed by atoms with E-state index in [9.17, 15) is 9.59 Å². The van der Waals surface area contributed by atoms with Crippen LogP contribution in [0.25, 0.3) is 0 Å². The number of halogens is 1. The lowest BCUT2D eigenvalue weighted by molar-refractivity contribution is -0.117. The smallest absolute Gasteiger partial charge is 0.292 e. The SMILES string of the molecule is CCCCNC(=O)C(=O)c1ccccc1Cl. The first-order chi connectivity index (χ1) is 7.66. The van der Waals surface area contributed by atoms with Crippen LogP contribution < -0.4 is 5.32 Å². The Labute approximate surface area is 99.8 Å². The van der Waals surface area contributed by atoms with E-state index in [0.717, 1.165) is 12.8 Å². The lowest BCUT2D eigenvalue weighted by Gasteiger charge is -2.04. The van der Waals surface area contributed by atoms with Gasteiger partial charge in [-0.2, -0.15) is 0 Å². The maximum Gasteiger partial charge on any atom is 0.292 e. The van der Waals surface area contributed by atoms with E-state index in [4.69, 9.17) is 11.6 Å². The zero-order valence-corrected chi connectivity index (χ0v) is 9.88. The topological polar surface area (TPSA) is 46.2 Å². The quantitative estimate of drug-likeness (QED) is 0.487. The van der Waals surface area contributed by atoms with Crippen LogP contribution in [-0.4, -0.2) is 18.2 Å². The van der Waals surface area contributed by atoms with E-state index < -0.39 is 11.7 Å². The molecule has 1 aromatic carbocycles. The van der Waals surface area contributed by atoms with Crippen molar-refractivity contribution in [3.63, 3.8) is 0 Å². The first-order valence-electron chi connectivity index (χ1n) is 5.24. The number of hydrogen-bond acceptors (Lipinski definition) is 2. The zero-order valence-electron chi connectivity index (χ0n) is 9.13.